The molecule has 1 aliphatic rings. The first-order valence-electron chi connectivity index (χ1n) is 13.8. The Morgan fingerprint density at radius 2 is 1.87 bits per heavy atom. The average molecular weight is 647 g/mol. The minimum Gasteiger partial charge on any atom is -0.323 e. The Hall–Kier alpha value is -4.66. The van der Waals surface area contributed by atoms with Gasteiger partial charge in [0.2, 0.25) is 5.91 Å². The Labute approximate surface area is 256 Å². The van der Waals surface area contributed by atoms with Crippen molar-refractivity contribution in [1.29, 1.82) is 0 Å². The molecule has 1 aliphatic heterocycles. The molecular weight excluding hydrogens is 623 g/mol. The molecule has 0 saturated heterocycles. The fourth-order valence-electron chi connectivity index (χ4n) is 5.57. The third kappa shape index (κ3) is 6.03. The molecule has 1 aromatic carbocycles. The third-order valence-electron chi connectivity index (χ3n) is 7.67. The molecule has 1 N–H and O–H groups in total. The number of fused-ring (bicyclic) bond motifs is 5. The van der Waals surface area contributed by atoms with Gasteiger partial charge in [-0.1, -0.05) is 24.9 Å². The summed E-state index contributed by atoms with van der Waals surface area (Å²) < 4.78 is 70.3. The molecule has 1 amide bonds. The molecular formula is C29H24ClF5N8O2. The van der Waals surface area contributed by atoms with Gasteiger partial charge in [0, 0.05) is 39.7 Å². The predicted octanol–water partition coefficient (Wildman–Crippen LogP) is 6.48. The second kappa shape index (κ2) is 11.7. The van der Waals surface area contributed by atoms with E-state index < -0.39 is 36.8 Å². The monoisotopic (exact) mass is 646 g/mol. The van der Waals surface area contributed by atoms with Crippen molar-refractivity contribution in [2.75, 3.05) is 5.32 Å². The highest BCUT2D eigenvalue weighted by atomic mass is 35.5. The molecule has 10 nitrogen and oxygen atoms in total. The van der Waals surface area contributed by atoms with Crippen LogP contribution in [0.1, 0.15) is 44.5 Å². The van der Waals surface area contributed by atoms with Crippen LogP contribution in [0.15, 0.2) is 60.0 Å². The summed E-state index contributed by atoms with van der Waals surface area (Å²) >= 11 is 6.25. The van der Waals surface area contributed by atoms with E-state index in [1.165, 1.54) is 47.6 Å². The van der Waals surface area contributed by atoms with E-state index in [0.29, 0.717) is 40.6 Å². The zero-order chi connectivity index (χ0) is 32.0. The van der Waals surface area contributed by atoms with Crippen molar-refractivity contribution in [1.82, 2.24) is 34.1 Å². The van der Waals surface area contributed by atoms with Crippen molar-refractivity contribution in [2.45, 2.75) is 51.5 Å². The largest absolute Gasteiger partial charge is 0.408 e. The van der Waals surface area contributed by atoms with Crippen molar-refractivity contribution in [2.24, 2.45) is 5.92 Å². The van der Waals surface area contributed by atoms with Gasteiger partial charge in [0.15, 0.2) is 0 Å². The van der Waals surface area contributed by atoms with Crippen LogP contribution in [0.25, 0.3) is 33.4 Å². The Kier molecular flexibility index (Phi) is 7.89. The van der Waals surface area contributed by atoms with Gasteiger partial charge >= 0.3 is 12.7 Å². The summed E-state index contributed by atoms with van der Waals surface area (Å²) in [5.74, 6) is -0.847. The number of amides is 1. The molecule has 234 valence electrons. The van der Waals surface area contributed by atoms with Crippen molar-refractivity contribution < 1.29 is 26.7 Å². The van der Waals surface area contributed by atoms with Crippen LogP contribution in [0.5, 0.6) is 0 Å². The van der Waals surface area contributed by atoms with Gasteiger partial charge in [0.25, 0.3) is 5.56 Å². The van der Waals surface area contributed by atoms with Crippen LogP contribution in [-0.2, 0) is 11.3 Å². The number of hydrogen-bond donors (Lipinski definition) is 1. The number of carbonyl (C=O) groups is 1. The molecule has 5 heterocycles. The highest BCUT2D eigenvalue weighted by Crippen LogP contribution is 2.36. The number of aromatic nitrogens is 7. The van der Waals surface area contributed by atoms with Gasteiger partial charge in [-0.3, -0.25) is 23.8 Å². The number of hydrogen-bond acceptors (Lipinski definition) is 6. The quantitative estimate of drug-likeness (QED) is 0.224. The highest BCUT2D eigenvalue weighted by Gasteiger charge is 2.30. The second-order valence-electron chi connectivity index (χ2n) is 10.8. The fourth-order valence-corrected chi connectivity index (χ4v) is 5.80. The predicted molar refractivity (Wildman–Crippen MR) is 155 cm³/mol. The van der Waals surface area contributed by atoms with Gasteiger partial charge in [0.1, 0.15) is 6.54 Å². The summed E-state index contributed by atoms with van der Waals surface area (Å²) in [5, 5.41) is 10.9. The number of alkyl halides is 5. The zero-order valence-electron chi connectivity index (χ0n) is 23.5. The molecule has 16 heteroatoms. The molecule has 4 aromatic heterocycles. The lowest BCUT2D eigenvalue weighted by molar-refractivity contribution is -0.141. The summed E-state index contributed by atoms with van der Waals surface area (Å²) in [7, 11) is 0. The number of rotatable bonds is 4. The van der Waals surface area contributed by atoms with E-state index in [1.54, 1.807) is 13.0 Å². The van der Waals surface area contributed by atoms with Crippen LogP contribution < -0.4 is 10.9 Å². The lowest BCUT2D eigenvalue weighted by atomic mass is 9.97. The summed E-state index contributed by atoms with van der Waals surface area (Å²) in [6, 6.07) is 6.42. The normalized spacial score (nSPS) is 17.6. The lowest BCUT2D eigenvalue weighted by Gasteiger charge is -2.22. The van der Waals surface area contributed by atoms with E-state index in [0.717, 1.165) is 10.9 Å². The van der Waals surface area contributed by atoms with Crippen LogP contribution in [-0.4, -0.2) is 46.2 Å². The van der Waals surface area contributed by atoms with Gasteiger partial charge in [-0.15, -0.1) is 0 Å². The van der Waals surface area contributed by atoms with Crippen molar-refractivity contribution in [3.63, 3.8) is 0 Å². The molecule has 0 radical (unpaired) electrons. The third-order valence-corrected chi connectivity index (χ3v) is 7.89. The molecule has 5 aromatic rings. The standard InChI is InChI=1S/C29H24ClF5N8O2/c1-15-3-2-4-23(21-8-16(5-6-36-21)26-22(40-27(15)45)12-39-43(26)28(31)32)41-14-37-20(10-24(41)44)19-9-18(30)7-17-11-38-42(25(17)19)13-29(33,34)35/h5-12,14-15,23,28H,2-4,13H2,1H3,(H,40,45). The first-order valence-corrected chi connectivity index (χ1v) is 14.2. The van der Waals surface area contributed by atoms with Crippen molar-refractivity contribution >= 4 is 34.1 Å². The Balaban J connectivity index is 1.46. The van der Waals surface area contributed by atoms with Gasteiger partial charge in [-0.2, -0.15) is 32.1 Å². The molecule has 0 fully saturated rings. The molecule has 0 spiro atoms. The molecule has 0 aliphatic carbocycles. The van der Waals surface area contributed by atoms with Crippen LogP contribution in [0.4, 0.5) is 27.6 Å². The maximum Gasteiger partial charge on any atom is 0.408 e. The summed E-state index contributed by atoms with van der Waals surface area (Å²) in [4.78, 5) is 35.4. The van der Waals surface area contributed by atoms with Gasteiger partial charge in [-0.05, 0) is 37.1 Å². The second-order valence-corrected chi connectivity index (χ2v) is 11.2. The number of nitrogens with zero attached hydrogens (tertiary/aromatic N) is 7. The van der Waals surface area contributed by atoms with E-state index in [2.05, 4.69) is 25.5 Å². The average Bonchev–Trinajstić information content (AvgIpc) is 3.58. The summed E-state index contributed by atoms with van der Waals surface area (Å²) in [5.41, 5.74) is 0.613. The first kappa shape index (κ1) is 30.4. The summed E-state index contributed by atoms with van der Waals surface area (Å²) in [6.07, 6.45) is 1.81. The maximum absolute atomic E-state index is 13.9. The molecule has 6 rings (SSSR count). The number of carbonyl (C=O) groups excluding carboxylic acids is 1. The number of nitrogens with one attached hydrogen (secondary N) is 1. The Morgan fingerprint density at radius 3 is 2.60 bits per heavy atom. The number of anilines is 1. The van der Waals surface area contributed by atoms with Crippen LogP contribution in [0.3, 0.4) is 0 Å². The minimum absolute atomic E-state index is 0.0187. The van der Waals surface area contributed by atoms with Gasteiger partial charge in [-0.25, -0.2) is 9.67 Å². The highest BCUT2D eigenvalue weighted by molar-refractivity contribution is 6.31. The van der Waals surface area contributed by atoms with Crippen molar-refractivity contribution in [3.05, 3.63) is 76.3 Å². The van der Waals surface area contributed by atoms with Crippen LogP contribution in [0, 0.1) is 5.92 Å². The molecule has 0 saturated carbocycles. The topological polar surface area (TPSA) is 113 Å². The van der Waals surface area contributed by atoms with E-state index in [1.807, 2.05) is 0 Å². The first-order chi connectivity index (χ1) is 21.4. The fraction of sp³-hybridized carbons (Fsp3) is 0.310. The lowest BCUT2D eigenvalue weighted by Crippen LogP contribution is -2.27. The van der Waals surface area contributed by atoms with E-state index in [9.17, 15) is 31.5 Å². The zero-order valence-corrected chi connectivity index (χ0v) is 24.2. The van der Waals surface area contributed by atoms with E-state index in [4.69, 9.17) is 11.6 Å². The van der Waals surface area contributed by atoms with E-state index in [-0.39, 0.29) is 39.1 Å². The number of halogens is 6. The van der Waals surface area contributed by atoms with Crippen LogP contribution >= 0.6 is 11.6 Å². The Morgan fingerprint density at radius 1 is 1.07 bits per heavy atom. The maximum atomic E-state index is 13.9. The smallest absolute Gasteiger partial charge is 0.323 e. The molecule has 2 atom stereocenters. The van der Waals surface area contributed by atoms with Gasteiger partial charge < -0.3 is 5.32 Å². The van der Waals surface area contributed by atoms with Crippen LogP contribution in [0.2, 0.25) is 5.02 Å². The van der Waals surface area contributed by atoms with Gasteiger partial charge in [0.05, 0.1) is 53.0 Å². The molecule has 45 heavy (non-hydrogen) atoms. The number of pyridine rings is 1. The number of benzene rings is 1. The van der Waals surface area contributed by atoms with E-state index >= 15 is 0 Å². The van der Waals surface area contributed by atoms with Crippen molar-refractivity contribution in [3.8, 4) is 22.5 Å². The molecule has 2 bridgehead atoms. The Bertz CT molecular complexity index is 1970. The summed E-state index contributed by atoms with van der Waals surface area (Å²) in [6.45, 7) is -2.63. The SMILES string of the molecule is CC1CCCC(n2cnc(-c3cc(Cl)cc4cnn(CC(F)(F)F)c34)cc2=O)c2cc(ccn2)-c2c(cnn2C(F)F)NC1=O. The minimum atomic E-state index is -4.55. The molecule has 2 unspecified atom stereocenters.